The zero-order valence-electron chi connectivity index (χ0n) is 23.6. The first-order valence-electron chi connectivity index (χ1n) is 13.7. The minimum Gasteiger partial charge on any atom is -0.480 e. The van der Waals surface area contributed by atoms with Crippen molar-refractivity contribution in [3.8, 4) is 0 Å². The first kappa shape index (κ1) is 31.8. The third kappa shape index (κ3) is 8.90. The van der Waals surface area contributed by atoms with Gasteiger partial charge in [0.2, 0.25) is 23.6 Å². The highest BCUT2D eigenvalue weighted by Gasteiger charge is 2.31. The van der Waals surface area contributed by atoms with Gasteiger partial charge >= 0.3 is 5.97 Å². The molecule has 12 heteroatoms. The second-order valence-corrected chi connectivity index (χ2v) is 10.5. The number of hydrogen-bond donors (Lipinski definition) is 7. The highest BCUT2D eigenvalue weighted by molar-refractivity contribution is 5.95. The summed E-state index contributed by atoms with van der Waals surface area (Å²) in [5.74, 6) is -4.18. The number of aromatic amines is 1. The topological polar surface area (TPSA) is 209 Å². The zero-order valence-corrected chi connectivity index (χ0v) is 23.6. The SMILES string of the molecule is CC(C)C(N)C(=O)NC(Cc1c[nH]c2ccccc12)C(=O)NC(Cc1ccccc1)C(=O)NC(CCC(N)=O)C(=O)O. The monoisotopic (exact) mass is 578 g/mol. The Morgan fingerprint density at radius 2 is 1.38 bits per heavy atom. The number of carbonyl (C=O) groups is 5. The van der Waals surface area contributed by atoms with Gasteiger partial charge in [0, 0.05) is 36.4 Å². The second-order valence-electron chi connectivity index (χ2n) is 10.5. The van der Waals surface area contributed by atoms with Crippen LogP contribution in [0, 0.1) is 5.92 Å². The van der Waals surface area contributed by atoms with E-state index in [0.717, 1.165) is 16.5 Å². The van der Waals surface area contributed by atoms with E-state index in [1.807, 2.05) is 24.3 Å². The number of amides is 4. The van der Waals surface area contributed by atoms with Crippen molar-refractivity contribution in [1.82, 2.24) is 20.9 Å². The predicted molar refractivity (Wildman–Crippen MR) is 157 cm³/mol. The standard InChI is InChI=1S/C30H38N6O6/c1-17(2)26(32)29(40)36-24(15-19-16-33-21-11-7-6-10-20(19)21)28(39)35-23(14-18-8-4-3-5-9-18)27(38)34-22(30(41)42)12-13-25(31)37/h3-11,16-17,22-24,26,33H,12-15,32H2,1-2H3,(H2,31,37)(H,34,38)(H,35,39)(H,36,40)(H,41,42). The van der Waals surface area contributed by atoms with Crippen LogP contribution in [0.4, 0.5) is 0 Å². The van der Waals surface area contributed by atoms with Gasteiger partial charge in [-0.25, -0.2) is 4.79 Å². The fourth-order valence-electron chi connectivity index (χ4n) is 4.45. The van der Waals surface area contributed by atoms with Crippen LogP contribution in [0.25, 0.3) is 10.9 Å². The number of primary amides is 1. The Labute approximate surface area is 243 Å². The molecule has 4 unspecified atom stereocenters. The summed E-state index contributed by atoms with van der Waals surface area (Å²) in [7, 11) is 0. The van der Waals surface area contributed by atoms with Crippen molar-refractivity contribution >= 4 is 40.5 Å². The number of fused-ring (bicyclic) bond motifs is 1. The van der Waals surface area contributed by atoms with Gasteiger partial charge in [-0.1, -0.05) is 62.4 Å². The molecule has 0 bridgehead atoms. The molecule has 224 valence electrons. The molecule has 0 aliphatic carbocycles. The molecule has 0 saturated heterocycles. The van der Waals surface area contributed by atoms with Gasteiger partial charge < -0.3 is 37.5 Å². The van der Waals surface area contributed by atoms with Crippen molar-refractivity contribution in [2.24, 2.45) is 17.4 Å². The van der Waals surface area contributed by atoms with Crippen LogP contribution in [0.15, 0.2) is 60.8 Å². The summed E-state index contributed by atoms with van der Waals surface area (Å²) in [6.07, 6.45) is 1.43. The van der Waals surface area contributed by atoms with Gasteiger partial charge in [-0.05, 0) is 29.5 Å². The quantitative estimate of drug-likeness (QED) is 0.137. The van der Waals surface area contributed by atoms with Crippen LogP contribution in [0.2, 0.25) is 0 Å². The van der Waals surface area contributed by atoms with E-state index >= 15 is 0 Å². The van der Waals surface area contributed by atoms with Crippen LogP contribution in [0.3, 0.4) is 0 Å². The maximum absolute atomic E-state index is 13.7. The second kappa shape index (κ2) is 14.8. The van der Waals surface area contributed by atoms with Crippen LogP contribution >= 0.6 is 0 Å². The fourth-order valence-corrected chi connectivity index (χ4v) is 4.45. The van der Waals surface area contributed by atoms with E-state index in [2.05, 4.69) is 20.9 Å². The number of nitrogens with two attached hydrogens (primary N) is 2. The van der Waals surface area contributed by atoms with E-state index in [4.69, 9.17) is 11.5 Å². The molecule has 12 nitrogen and oxygen atoms in total. The molecule has 4 amide bonds. The molecule has 2 aromatic carbocycles. The number of benzene rings is 2. The molecule has 0 saturated carbocycles. The summed E-state index contributed by atoms with van der Waals surface area (Å²) in [5, 5.41) is 18.3. The molecule has 0 spiro atoms. The van der Waals surface area contributed by atoms with Crippen molar-refractivity contribution in [2.45, 2.75) is 63.7 Å². The molecule has 0 fully saturated rings. The molecular formula is C30H38N6O6. The van der Waals surface area contributed by atoms with E-state index in [-0.39, 0.29) is 31.6 Å². The molecule has 42 heavy (non-hydrogen) atoms. The molecule has 1 heterocycles. The van der Waals surface area contributed by atoms with Crippen LogP contribution in [-0.4, -0.2) is 63.9 Å². The van der Waals surface area contributed by atoms with Gasteiger partial charge in [0.25, 0.3) is 0 Å². The van der Waals surface area contributed by atoms with Gasteiger partial charge in [0.05, 0.1) is 6.04 Å². The van der Waals surface area contributed by atoms with E-state index in [9.17, 15) is 29.1 Å². The third-order valence-corrected chi connectivity index (χ3v) is 6.96. The van der Waals surface area contributed by atoms with Gasteiger partial charge in [-0.3, -0.25) is 19.2 Å². The Morgan fingerprint density at radius 3 is 2.00 bits per heavy atom. The van der Waals surface area contributed by atoms with Crippen molar-refractivity contribution < 1.29 is 29.1 Å². The maximum Gasteiger partial charge on any atom is 0.326 e. The molecule has 3 rings (SSSR count). The summed E-state index contributed by atoms with van der Waals surface area (Å²) in [6.45, 7) is 3.58. The summed E-state index contributed by atoms with van der Waals surface area (Å²) < 4.78 is 0. The first-order chi connectivity index (χ1) is 20.0. The number of H-pyrrole nitrogens is 1. The Kier molecular flexibility index (Phi) is 11.2. The summed E-state index contributed by atoms with van der Waals surface area (Å²) >= 11 is 0. The average Bonchev–Trinajstić information content (AvgIpc) is 3.36. The van der Waals surface area contributed by atoms with E-state index in [1.165, 1.54) is 0 Å². The molecule has 0 aliphatic heterocycles. The number of para-hydroxylation sites is 1. The number of carboxylic acid groups (broad SMARTS) is 1. The lowest BCUT2D eigenvalue weighted by atomic mass is 10.00. The minimum absolute atomic E-state index is 0.0415. The highest BCUT2D eigenvalue weighted by Crippen LogP contribution is 2.19. The van der Waals surface area contributed by atoms with Crippen molar-refractivity contribution in [2.75, 3.05) is 0 Å². The van der Waals surface area contributed by atoms with E-state index < -0.39 is 53.8 Å². The molecular weight excluding hydrogens is 540 g/mol. The normalized spacial score (nSPS) is 14.0. The van der Waals surface area contributed by atoms with Gasteiger partial charge in [-0.2, -0.15) is 0 Å². The predicted octanol–water partition coefficient (Wildman–Crippen LogP) is 0.741. The lowest BCUT2D eigenvalue weighted by Crippen LogP contribution is -2.58. The molecule has 9 N–H and O–H groups in total. The third-order valence-electron chi connectivity index (χ3n) is 6.96. The lowest BCUT2D eigenvalue weighted by Gasteiger charge is -2.26. The number of aliphatic carboxylic acids is 1. The Hall–Kier alpha value is -4.71. The van der Waals surface area contributed by atoms with E-state index in [1.54, 1.807) is 50.4 Å². The van der Waals surface area contributed by atoms with Crippen LogP contribution in [-0.2, 0) is 36.8 Å². The van der Waals surface area contributed by atoms with Crippen molar-refractivity contribution in [3.05, 3.63) is 71.9 Å². The van der Waals surface area contributed by atoms with Crippen molar-refractivity contribution in [3.63, 3.8) is 0 Å². The fraction of sp³-hybridized carbons (Fsp3) is 0.367. The van der Waals surface area contributed by atoms with Crippen LogP contribution < -0.4 is 27.4 Å². The Bertz CT molecular complexity index is 1410. The van der Waals surface area contributed by atoms with Gasteiger partial charge in [-0.15, -0.1) is 0 Å². The molecule has 1 aromatic heterocycles. The Morgan fingerprint density at radius 1 is 0.810 bits per heavy atom. The van der Waals surface area contributed by atoms with Gasteiger partial charge in [0.1, 0.15) is 18.1 Å². The van der Waals surface area contributed by atoms with Crippen molar-refractivity contribution in [1.29, 1.82) is 0 Å². The number of carboxylic acids is 1. The molecule has 3 aromatic rings. The first-order valence-corrected chi connectivity index (χ1v) is 13.7. The molecule has 0 radical (unpaired) electrons. The number of rotatable bonds is 15. The largest absolute Gasteiger partial charge is 0.480 e. The summed E-state index contributed by atoms with van der Waals surface area (Å²) in [6, 6.07) is 11.8. The lowest BCUT2D eigenvalue weighted by molar-refractivity contribution is -0.142. The minimum atomic E-state index is -1.40. The number of aromatic nitrogens is 1. The smallest absolute Gasteiger partial charge is 0.326 e. The molecule has 0 aliphatic rings. The van der Waals surface area contributed by atoms with E-state index in [0.29, 0.717) is 5.56 Å². The summed E-state index contributed by atoms with van der Waals surface area (Å²) in [5.41, 5.74) is 13.5. The maximum atomic E-state index is 13.7. The Balaban J connectivity index is 1.88. The zero-order chi connectivity index (χ0) is 30.8. The number of carbonyl (C=O) groups excluding carboxylic acids is 4. The highest BCUT2D eigenvalue weighted by atomic mass is 16.4. The summed E-state index contributed by atoms with van der Waals surface area (Å²) in [4.78, 5) is 66.2. The van der Waals surface area contributed by atoms with Gasteiger partial charge in [0.15, 0.2) is 0 Å². The molecule has 4 atom stereocenters. The average molecular weight is 579 g/mol. The number of nitrogens with one attached hydrogen (secondary N) is 4. The van der Waals surface area contributed by atoms with Crippen LogP contribution in [0.5, 0.6) is 0 Å². The number of hydrogen-bond acceptors (Lipinski definition) is 6. The van der Waals surface area contributed by atoms with Crippen LogP contribution in [0.1, 0.15) is 37.8 Å².